The van der Waals surface area contributed by atoms with Crippen molar-refractivity contribution in [3.63, 3.8) is 0 Å². The second kappa shape index (κ2) is 10.7. The van der Waals surface area contributed by atoms with E-state index in [9.17, 15) is 23.2 Å². The predicted octanol–water partition coefficient (Wildman–Crippen LogP) is 2.97. The van der Waals surface area contributed by atoms with Crippen LogP contribution in [0.15, 0.2) is 18.2 Å². The van der Waals surface area contributed by atoms with E-state index in [1.807, 2.05) is 13.8 Å². The number of rotatable bonds is 10. The van der Waals surface area contributed by atoms with E-state index in [0.29, 0.717) is 24.3 Å². The molecule has 156 valence electrons. The molecule has 0 bridgehead atoms. The van der Waals surface area contributed by atoms with Gasteiger partial charge in [0.05, 0.1) is 6.42 Å². The first kappa shape index (κ1) is 22.5. The Hall–Kier alpha value is -2.75. The van der Waals surface area contributed by atoms with Gasteiger partial charge in [0.2, 0.25) is 16.9 Å². The van der Waals surface area contributed by atoms with E-state index in [2.05, 4.69) is 20.8 Å². The van der Waals surface area contributed by atoms with Gasteiger partial charge < -0.3 is 10.1 Å². The number of halogens is 2. The van der Waals surface area contributed by atoms with Crippen molar-refractivity contribution in [2.24, 2.45) is 0 Å². The lowest BCUT2D eigenvalue weighted by molar-refractivity contribution is -0.126. The van der Waals surface area contributed by atoms with Gasteiger partial charge in [0.1, 0.15) is 29.0 Å². The fourth-order valence-corrected chi connectivity index (χ4v) is 3.43. The monoisotopic (exact) mass is 424 g/mol. The summed E-state index contributed by atoms with van der Waals surface area (Å²) < 4.78 is 26.5. The van der Waals surface area contributed by atoms with E-state index in [4.69, 9.17) is 0 Å². The summed E-state index contributed by atoms with van der Waals surface area (Å²) in [5, 5.41) is 14.0. The molecule has 0 aliphatic heterocycles. The van der Waals surface area contributed by atoms with Gasteiger partial charge in [-0.15, -0.1) is 10.2 Å². The third-order valence-corrected chi connectivity index (χ3v) is 5.13. The molecule has 2 aromatic rings. The summed E-state index contributed by atoms with van der Waals surface area (Å²) in [4.78, 5) is 35.4. The molecule has 2 rings (SSSR count). The third kappa shape index (κ3) is 6.97. The molecule has 0 aliphatic carbocycles. The highest BCUT2D eigenvalue weighted by molar-refractivity contribution is 7.15. The van der Waals surface area contributed by atoms with Crippen LogP contribution in [0, 0.1) is 11.6 Å². The van der Waals surface area contributed by atoms with Gasteiger partial charge in [-0.05, 0) is 24.1 Å². The van der Waals surface area contributed by atoms with Gasteiger partial charge in [0, 0.05) is 18.4 Å². The highest BCUT2D eigenvalue weighted by Crippen LogP contribution is 2.24. The van der Waals surface area contributed by atoms with Crippen LogP contribution in [0.4, 0.5) is 13.9 Å². The van der Waals surface area contributed by atoms with Crippen molar-refractivity contribution in [3.8, 4) is 0 Å². The normalized spacial score (nSPS) is 12.8. The highest BCUT2D eigenvalue weighted by Gasteiger charge is 2.22. The van der Waals surface area contributed by atoms with Gasteiger partial charge in [-0.3, -0.25) is 14.9 Å². The number of aromatic nitrogens is 2. The molecule has 0 saturated heterocycles. The minimum Gasteiger partial charge on any atom is -0.344 e. The molecule has 1 heterocycles. The van der Waals surface area contributed by atoms with E-state index >= 15 is 0 Å². The zero-order chi connectivity index (χ0) is 21.4. The predicted molar refractivity (Wildman–Crippen MR) is 105 cm³/mol. The Balaban J connectivity index is 1.99. The molecule has 2 amide bonds. The Labute approximate surface area is 170 Å². The number of amides is 2. The average Bonchev–Trinajstić information content (AvgIpc) is 3.09. The molecule has 7 nitrogen and oxygen atoms in total. The van der Waals surface area contributed by atoms with Crippen molar-refractivity contribution in [1.29, 1.82) is 0 Å². The maximum absolute atomic E-state index is 13.3. The van der Waals surface area contributed by atoms with Crippen LogP contribution < -0.4 is 10.6 Å². The van der Waals surface area contributed by atoms with E-state index in [-0.39, 0.29) is 23.0 Å². The van der Waals surface area contributed by atoms with Crippen molar-refractivity contribution >= 4 is 34.6 Å². The topological polar surface area (TPSA) is 101 Å². The number of aldehydes is 1. The molecule has 1 aromatic carbocycles. The van der Waals surface area contributed by atoms with Crippen LogP contribution in [0.2, 0.25) is 0 Å². The molecular formula is C19H22F2N4O3S. The molecule has 29 heavy (non-hydrogen) atoms. The number of hydrogen-bond donors (Lipinski definition) is 2. The lowest BCUT2D eigenvalue weighted by Gasteiger charge is -2.17. The zero-order valence-corrected chi connectivity index (χ0v) is 16.9. The SMILES string of the molecule is CCCC(NC(=O)Cc1cc(F)cc(F)c1)C(=O)Nc1nnc(C(C)CC=O)s1. The summed E-state index contributed by atoms with van der Waals surface area (Å²) in [5.41, 5.74) is 0.175. The first-order chi connectivity index (χ1) is 13.8. The van der Waals surface area contributed by atoms with Crippen molar-refractivity contribution < 1.29 is 23.2 Å². The summed E-state index contributed by atoms with van der Waals surface area (Å²) in [7, 11) is 0. The second-order valence-corrected chi connectivity index (χ2v) is 7.61. The molecule has 2 unspecified atom stereocenters. The first-order valence-electron chi connectivity index (χ1n) is 9.14. The Morgan fingerprint density at radius 2 is 1.90 bits per heavy atom. The minimum absolute atomic E-state index is 0.103. The fourth-order valence-electron chi connectivity index (χ4n) is 2.62. The highest BCUT2D eigenvalue weighted by atomic mass is 32.1. The number of hydrogen-bond acceptors (Lipinski definition) is 6. The van der Waals surface area contributed by atoms with Gasteiger partial charge in [0.15, 0.2) is 0 Å². The fraction of sp³-hybridized carbons (Fsp3) is 0.421. The van der Waals surface area contributed by atoms with Gasteiger partial charge >= 0.3 is 0 Å². The quantitative estimate of drug-likeness (QED) is 0.571. The minimum atomic E-state index is -0.828. The molecule has 1 aromatic heterocycles. The maximum atomic E-state index is 13.3. The molecule has 0 aliphatic rings. The smallest absolute Gasteiger partial charge is 0.248 e. The van der Waals surface area contributed by atoms with Crippen LogP contribution in [0.1, 0.15) is 49.6 Å². The average molecular weight is 424 g/mol. The number of nitrogens with one attached hydrogen (secondary N) is 2. The number of benzene rings is 1. The zero-order valence-electron chi connectivity index (χ0n) is 16.1. The molecule has 0 saturated carbocycles. The number of anilines is 1. The number of nitrogens with zero attached hydrogens (tertiary/aromatic N) is 2. The van der Waals surface area contributed by atoms with Crippen LogP contribution in [-0.2, 0) is 20.8 Å². The van der Waals surface area contributed by atoms with Crippen molar-refractivity contribution in [2.75, 3.05) is 5.32 Å². The maximum Gasteiger partial charge on any atom is 0.248 e. The first-order valence-corrected chi connectivity index (χ1v) is 9.96. The Morgan fingerprint density at radius 1 is 1.21 bits per heavy atom. The molecule has 2 atom stereocenters. The van der Waals surface area contributed by atoms with Crippen LogP contribution in [0.3, 0.4) is 0 Å². The molecule has 0 fully saturated rings. The Morgan fingerprint density at radius 3 is 2.52 bits per heavy atom. The van der Waals surface area contributed by atoms with Gasteiger partial charge in [-0.25, -0.2) is 8.78 Å². The van der Waals surface area contributed by atoms with Crippen LogP contribution in [0.25, 0.3) is 0 Å². The standard InChI is InChI=1S/C19H22F2N4O3S/c1-3-4-15(22-16(27)9-12-7-13(20)10-14(21)8-12)17(28)23-19-25-24-18(29-19)11(2)5-6-26/h6-8,10-11,15H,3-5,9H2,1-2H3,(H,22,27)(H,23,25,28). The summed E-state index contributed by atoms with van der Waals surface area (Å²) in [6, 6.07) is 2.04. The van der Waals surface area contributed by atoms with E-state index < -0.39 is 29.5 Å². The van der Waals surface area contributed by atoms with E-state index in [1.54, 1.807) is 0 Å². The largest absolute Gasteiger partial charge is 0.344 e. The summed E-state index contributed by atoms with van der Waals surface area (Å²) >= 11 is 1.16. The molecule has 2 N–H and O–H groups in total. The van der Waals surface area contributed by atoms with Crippen LogP contribution in [-0.4, -0.2) is 34.3 Å². The van der Waals surface area contributed by atoms with Crippen molar-refractivity contribution in [3.05, 3.63) is 40.4 Å². The Kier molecular flexibility index (Phi) is 8.32. The molecule has 0 radical (unpaired) electrons. The summed E-state index contributed by atoms with van der Waals surface area (Å²) in [6.45, 7) is 3.69. The van der Waals surface area contributed by atoms with Crippen molar-refractivity contribution in [1.82, 2.24) is 15.5 Å². The van der Waals surface area contributed by atoms with Crippen LogP contribution >= 0.6 is 11.3 Å². The molecular weight excluding hydrogens is 402 g/mol. The van der Waals surface area contributed by atoms with Crippen molar-refractivity contribution in [2.45, 2.75) is 51.5 Å². The molecule has 0 spiro atoms. The number of carbonyl (C=O) groups is 3. The van der Waals surface area contributed by atoms with Gasteiger partial charge in [0.25, 0.3) is 0 Å². The third-order valence-electron chi connectivity index (χ3n) is 4.06. The summed E-state index contributed by atoms with van der Waals surface area (Å²) in [5.74, 6) is -2.64. The lowest BCUT2D eigenvalue weighted by atomic mass is 10.1. The lowest BCUT2D eigenvalue weighted by Crippen LogP contribution is -2.44. The van der Waals surface area contributed by atoms with E-state index in [1.165, 1.54) is 0 Å². The Bertz CT molecular complexity index is 855. The number of carbonyl (C=O) groups excluding carboxylic acids is 3. The summed E-state index contributed by atoms with van der Waals surface area (Å²) in [6.07, 6.45) is 1.85. The van der Waals surface area contributed by atoms with Gasteiger partial charge in [-0.1, -0.05) is 31.6 Å². The van der Waals surface area contributed by atoms with E-state index in [0.717, 1.165) is 35.8 Å². The van der Waals surface area contributed by atoms with Gasteiger partial charge in [-0.2, -0.15) is 0 Å². The van der Waals surface area contributed by atoms with Crippen LogP contribution in [0.5, 0.6) is 0 Å². The second-order valence-electron chi connectivity index (χ2n) is 6.60. The molecule has 10 heteroatoms.